The van der Waals surface area contributed by atoms with Crippen molar-refractivity contribution >= 4 is 0 Å². The van der Waals surface area contributed by atoms with Gasteiger partial charge in [-0.3, -0.25) is 4.90 Å². The zero-order valence-corrected chi connectivity index (χ0v) is 13.7. The fraction of sp³-hybridized carbons (Fsp3) is 0.667. The highest BCUT2D eigenvalue weighted by atomic mass is 16.5. The van der Waals surface area contributed by atoms with Gasteiger partial charge in [-0.2, -0.15) is 0 Å². The van der Waals surface area contributed by atoms with Crippen molar-refractivity contribution in [2.45, 2.75) is 45.7 Å². The number of nitrogens with one attached hydrogen (secondary N) is 1. The second kappa shape index (κ2) is 8.40. The number of ether oxygens (including phenoxy) is 1. The first-order valence-corrected chi connectivity index (χ1v) is 8.36. The van der Waals surface area contributed by atoms with E-state index < -0.39 is 0 Å². The number of piperazine rings is 1. The predicted molar refractivity (Wildman–Crippen MR) is 88.8 cm³/mol. The van der Waals surface area contributed by atoms with Gasteiger partial charge in [0.1, 0.15) is 5.75 Å². The van der Waals surface area contributed by atoms with Crippen molar-refractivity contribution in [2.24, 2.45) is 5.92 Å². The van der Waals surface area contributed by atoms with Crippen molar-refractivity contribution in [1.82, 2.24) is 10.2 Å². The van der Waals surface area contributed by atoms with E-state index in [0.29, 0.717) is 18.0 Å². The first-order chi connectivity index (χ1) is 10.2. The van der Waals surface area contributed by atoms with Gasteiger partial charge in [0.15, 0.2) is 0 Å². The van der Waals surface area contributed by atoms with E-state index in [1.165, 1.54) is 13.0 Å². The molecule has 2 rings (SSSR count). The van der Waals surface area contributed by atoms with Gasteiger partial charge >= 0.3 is 0 Å². The lowest BCUT2D eigenvalue weighted by atomic mass is 9.97. The lowest BCUT2D eigenvalue weighted by Crippen LogP contribution is -2.58. The molecule has 1 aromatic rings. The molecule has 1 aromatic carbocycles. The lowest BCUT2D eigenvalue weighted by molar-refractivity contribution is 0.0909. The van der Waals surface area contributed by atoms with Crippen LogP contribution in [0, 0.1) is 5.92 Å². The van der Waals surface area contributed by atoms with Crippen LogP contribution < -0.4 is 10.1 Å². The molecule has 3 heteroatoms. The van der Waals surface area contributed by atoms with Gasteiger partial charge in [0.05, 0.1) is 6.61 Å². The highest BCUT2D eigenvalue weighted by Gasteiger charge is 2.28. The van der Waals surface area contributed by atoms with Crippen molar-refractivity contribution in [1.29, 1.82) is 0 Å². The van der Waals surface area contributed by atoms with Crippen molar-refractivity contribution < 1.29 is 4.74 Å². The predicted octanol–water partition coefficient (Wildman–Crippen LogP) is 3.16. The third-order valence-electron chi connectivity index (χ3n) is 4.40. The van der Waals surface area contributed by atoms with Crippen molar-refractivity contribution in [2.75, 3.05) is 26.2 Å². The highest BCUT2D eigenvalue weighted by Crippen LogP contribution is 2.17. The number of para-hydroxylation sites is 1. The molecular formula is C18H30N2O. The van der Waals surface area contributed by atoms with E-state index in [1.54, 1.807) is 0 Å². The Balaban J connectivity index is 1.76. The molecule has 1 heterocycles. The highest BCUT2D eigenvalue weighted by molar-refractivity contribution is 5.20. The summed E-state index contributed by atoms with van der Waals surface area (Å²) in [4.78, 5) is 2.66. The van der Waals surface area contributed by atoms with Crippen LogP contribution in [0.5, 0.6) is 5.75 Å². The normalized spacial score (nSPS) is 23.4. The molecule has 0 saturated carbocycles. The van der Waals surface area contributed by atoms with E-state index >= 15 is 0 Å². The minimum absolute atomic E-state index is 0.648. The number of hydrogen-bond acceptors (Lipinski definition) is 3. The summed E-state index contributed by atoms with van der Waals surface area (Å²) in [6.07, 6.45) is 2.30. The first kappa shape index (κ1) is 16.3. The fourth-order valence-corrected chi connectivity index (χ4v) is 3.06. The summed E-state index contributed by atoms with van der Waals surface area (Å²) in [5, 5.41) is 3.67. The van der Waals surface area contributed by atoms with Gasteiger partial charge in [-0.05, 0) is 30.9 Å². The minimum atomic E-state index is 0.648. The monoisotopic (exact) mass is 290 g/mol. The summed E-state index contributed by atoms with van der Waals surface area (Å²) in [6.45, 7) is 11.1. The van der Waals surface area contributed by atoms with Crippen LogP contribution in [0.25, 0.3) is 0 Å². The molecule has 1 saturated heterocycles. The van der Waals surface area contributed by atoms with Crippen LogP contribution in [-0.2, 0) is 0 Å². The molecule has 1 aliphatic rings. The molecule has 1 N–H and O–H groups in total. The quantitative estimate of drug-likeness (QED) is 0.781. The molecule has 118 valence electrons. The number of nitrogens with zero attached hydrogens (tertiary/aromatic N) is 1. The molecule has 21 heavy (non-hydrogen) atoms. The van der Waals surface area contributed by atoms with E-state index in [1.807, 2.05) is 30.3 Å². The maximum absolute atomic E-state index is 5.80. The number of rotatable bonds is 7. The van der Waals surface area contributed by atoms with Gasteiger partial charge in [-0.15, -0.1) is 0 Å². The molecule has 0 spiro atoms. The van der Waals surface area contributed by atoms with Crippen molar-refractivity contribution in [3.05, 3.63) is 30.3 Å². The maximum Gasteiger partial charge on any atom is 0.119 e. The molecule has 0 aromatic heterocycles. The third kappa shape index (κ3) is 5.01. The van der Waals surface area contributed by atoms with Gasteiger partial charge < -0.3 is 10.1 Å². The Morgan fingerprint density at radius 2 is 2.05 bits per heavy atom. The Kier molecular flexibility index (Phi) is 6.52. The molecular weight excluding hydrogens is 260 g/mol. The molecule has 0 radical (unpaired) electrons. The average molecular weight is 290 g/mol. The smallest absolute Gasteiger partial charge is 0.119 e. The molecule has 0 amide bonds. The van der Waals surface area contributed by atoms with Gasteiger partial charge in [-0.1, -0.05) is 39.0 Å². The first-order valence-electron chi connectivity index (χ1n) is 8.36. The molecule has 1 aliphatic heterocycles. The van der Waals surface area contributed by atoms with E-state index in [0.717, 1.165) is 31.9 Å². The Labute approximate surface area is 129 Å². The van der Waals surface area contributed by atoms with Crippen LogP contribution >= 0.6 is 0 Å². The maximum atomic E-state index is 5.80. The van der Waals surface area contributed by atoms with Crippen LogP contribution in [0.3, 0.4) is 0 Å². The van der Waals surface area contributed by atoms with Crippen LogP contribution in [0.15, 0.2) is 30.3 Å². The lowest BCUT2D eigenvalue weighted by Gasteiger charge is -2.42. The minimum Gasteiger partial charge on any atom is -0.494 e. The summed E-state index contributed by atoms with van der Waals surface area (Å²) in [5.41, 5.74) is 0. The second-order valence-electron chi connectivity index (χ2n) is 6.33. The Bertz CT molecular complexity index is 393. The number of benzene rings is 1. The molecule has 3 nitrogen and oxygen atoms in total. The Morgan fingerprint density at radius 1 is 1.29 bits per heavy atom. The zero-order chi connectivity index (χ0) is 15.1. The molecule has 2 unspecified atom stereocenters. The zero-order valence-electron chi connectivity index (χ0n) is 13.7. The number of hydrogen-bond donors (Lipinski definition) is 1. The van der Waals surface area contributed by atoms with Crippen LogP contribution in [0.1, 0.15) is 33.6 Å². The topological polar surface area (TPSA) is 24.5 Å². The summed E-state index contributed by atoms with van der Waals surface area (Å²) in [7, 11) is 0. The van der Waals surface area contributed by atoms with E-state index in [2.05, 4.69) is 31.0 Å². The van der Waals surface area contributed by atoms with Crippen molar-refractivity contribution in [3.63, 3.8) is 0 Å². The summed E-state index contributed by atoms with van der Waals surface area (Å²) in [5.74, 6) is 1.68. The third-order valence-corrected chi connectivity index (χ3v) is 4.40. The molecule has 1 fully saturated rings. The van der Waals surface area contributed by atoms with Crippen LogP contribution in [0.4, 0.5) is 0 Å². The van der Waals surface area contributed by atoms with Crippen LogP contribution in [0.2, 0.25) is 0 Å². The Morgan fingerprint density at radius 3 is 2.71 bits per heavy atom. The average Bonchev–Trinajstić information content (AvgIpc) is 2.52. The van der Waals surface area contributed by atoms with Gasteiger partial charge in [0, 0.05) is 31.7 Å². The van der Waals surface area contributed by atoms with Gasteiger partial charge in [0.25, 0.3) is 0 Å². The van der Waals surface area contributed by atoms with Gasteiger partial charge in [0.2, 0.25) is 0 Å². The SMILES string of the molecule is CCC1CN(CCCOc2ccccc2)C(C(C)C)CN1. The molecule has 2 atom stereocenters. The molecule has 0 bridgehead atoms. The van der Waals surface area contributed by atoms with E-state index in [4.69, 9.17) is 4.74 Å². The largest absolute Gasteiger partial charge is 0.494 e. The van der Waals surface area contributed by atoms with Crippen LogP contribution in [-0.4, -0.2) is 43.2 Å². The molecule has 0 aliphatic carbocycles. The van der Waals surface area contributed by atoms with Gasteiger partial charge in [-0.25, -0.2) is 0 Å². The summed E-state index contributed by atoms with van der Waals surface area (Å²) in [6, 6.07) is 11.4. The summed E-state index contributed by atoms with van der Waals surface area (Å²) < 4.78 is 5.80. The standard InChI is InChI=1S/C18H30N2O/c1-4-16-14-20(18(13-19-16)15(2)3)11-8-12-21-17-9-6-5-7-10-17/h5-7,9-10,15-16,18-19H,4,8,11-14H2,1-3H3. The van der Waals surface area contributed by atoms with E-state index in [9.17, 15) is 0 Å². The Hall–Kier alpha value is -1.06. The van der Waals surface area contributed by atoms with Crippen molar-refractivity contribution in [3.8, 4) is 5.75 Å². The summed E-state index contributed by atoms with van der Waals surface area (Å²) >= 11 is 0. The fourth-order valence-electron chi connectivity index (χ4n) is 3.06. The second-order valence-corrected chi connectivity index (χ2v) is 6.33. The van der Waals surface area contributed by atoms with E-state index in [-0.39, 0.29) is 0 Å².